The van der Waals surface area contributed by atoms with Crippen LogP contribution in [0.25, 0.3) is 0 Å². The Morgan fingerprint density at radius 3 is 3.00 bits per heavy atom. The van der Waals surface area contributed by atoms with Crippen molar-refractivity contribution in [3.8, 4) is 11.8 Å². The number of carbonyl (C=O) groups is 1. The maximum atomic E-state index is 12.6. The summed E-state index contributed by atoms with van der Waals surface area (Å²) in [6.07, 6.45) is 3.04. The number of sulfone groups is 1. The molecule has 112 valence electrons. The van der Waals surface area contributed by atoms with E-state index in [1.54, 1.807) is 17.9 Å². The lowest BCUT2D eigenvalue weighted by atomic mass is 10.1. The number of pyridine rings is 1. The van der Waals surface area contributed by atoms with Gasteiger partial charge in [-0.1, -0.05) is 11.8 Å². The van der Waals surface area contributed by atoms with E-state index in [9.17, 15) is 13.2 Å². The molecule has 1 aromatic rings. The fourth-order valence-electron chi connectivity index (χ4n) is 2.28. The summed E-state index contributed by atoms with van der Waals surface area (Å²) in [5.74, 6) is 5.29. The van der Waals surface area contributed by atoms with Gasteiger partial charge in [0.15, 0.2) is 9.84 Å². The summed E-state index contributed by atoms with van der Waals surface area (Å²) in [6, 6.07) is 1.25. The number of nitrogens with zero attached hydrogens (tertiary/aromatic N) is 2. The van der Waals surface area contributed by atoms with Crippen molar-refractivity contribution >= 4 is 15.7 Å². The van der Waals surface area contributed by atoms with Crippen LogP contribution in [0.3, 0.4) is 0 Å². The van der Waals surface area contributed by atoms with Gasteiger partial charge in [-0.05, 0) is 13.0 Å². The summed E-state index contributed by atoms with van der Waals surface area (Å²) in [5, 5.41) is 0. The van der Waals surface area contributed by atoms with E-state index in [1.807, 2.05) is 0 Å². The molecule has 2 N–H and O–H groups in total. The van der Waals surface area contributed by atoms with Crippen molar-refractivity contribution in [1.29, 1.82) is 0 Å². The number of aromatic nitrogens is 1. The predicted molar refractivity (Wildman–Crippen MR) is 79.3 cm³/mol. The van der Waals surface area contributed by atoms with Crippen LogP contribution < -0.4 is 5.73 Å². The molecule has 21 heavy (non-hydrogen) atoms. The normalized spacial score (nSPS) is 20.5. The van der Waals surface area contributed by atoms with Crippen LogP contribution in [0.15, 0.2) is 18.5 Å². The molecule has 6 nitrogen and oxygen atoms in total. The molecule has 1 aliphatic heterocycles. The van der Waals surface area contributed by atoms with Crippen LogP contribution in [0.5, 0.6) is 0 Å². The molecule has 1 aliphatic rings. The summed E-state index contributed by atoms with van der Waals surface area (Å²) in [4.78, 5) is 18.1. The first-order valence-corrected chi connectivity index (χ1v) is 8.41. The lowest BCUT2D eigenvalue weighted by Gasteiger charge is -2.33. The van der Waals surface area contributed by atoms with Crippen LogP contribution in [0, 0.1) is 11.8 Å². The van der Waals surface area contributed by atoms with E-state index in [1.165, 1.54) is 12.4 Å². The van der Waals surface area contributed by atoms with Gasteiger partial charge >= 0.3 is 0 Å². The first-order valence-electron chi connectivity index (χ1n) is 6.59. The van der Waals surface area contributed by atoms with Crippen molar-refractivity contribution in [3.05, 3.63) is 29.6 Å². The van der Waals surface area contributed by atoms with Crippen molar-refractivity contribution in [1.82, 2.24) is 9.88 Å². The fraction of sp³-hybridized carbons (Fsp3) is 0.429. The van der Waals surface area contributed by atoms with E-state index in [0.29, 0.717) is 11.1 Å². The molecule has 0 radical (unpaired) electrons. The molecule has 1 amide bonds. The maximum absolute atomic E-state index is 12.6. The molecule has 1 unspecified atom stereocenters. The monoisotopic (exact) mass is 307 g/mol. The van der Waals surface area contributed by atoms with Gasteiger partial charge in [-0.25, -0.2) is 8.42 Å². The van der Waals surface area contributed by atoms with Gasteiger partial charge in [-0.15, -0.1) is 0 Å². The van der Waals surface area contributed by atoms with Crippen molar-refractivity contribution in [2.45, 2.75) is 13.0 Å². The Bertz CT molecular complexity index is 704. The minimum Gasteiger partial charge on any atom is -0.334 e. The number of amides is 1. The molecule has 1 fully saturated rings. The lowest BCUT2D eigenvalue weighted by Crippen LogP contribution is -2.49. The van der Waals surface area contributed by atoms with E-state index >= 15 is 0 Å². The van der Waals surface area contributed by atoms with E-state index in [-0.39, 0.29) is 36.5 Å². The molecular formula is C14H17N3O3S. The van der Waals surface area contributed by atoms with Crippen LogP contribution in [-0.2, 0) is 9.84 Å². The number of hydrogen-bond donors (Lipinski definition) is 1. The molecule has 0 aliphatic carbocycles. The van der Waals surface area contributed by atoms with E-state index in [4.69, 9.17) is 5.73 Å². The van der Waals surface area contributed by atoms with E-state index < -0.39 is 9.84 Å². The molecule has 1 saturated heterocycles. The highest BCUT2D eigenvalue weighted by Gasteiger charge is 2.32. The molecule has 0 saturated carbocycles. The Hall–Kier alpha value is -1.91. The largest absolute Gasteiger partial charge is 0.334 e. The SMILES string of the molecule is CC1CS(=O)(=O)CCN1C(=O)c1ccncc1C#CCN. The molecule has 2 heterocycles. The van der Waals surface area contributed by atoms with Gasteiger partial charge < -0.3 is 10.6 Å². The molecule has 0 aromatic carbocycles. The molecule has 1 aromatic heterocycles. The van der Waals surface area contributed by atoms with Crippen molar-refractivity contribution in [2.75, 3.05) is 24.6 Å². The molecule has 1 atom stereocenters. The first-order chi connectivity index (χ1) is 9.94. The van der Waals surface area contributed by atoms with E-state index in [0.717, 1.165) is 0 Å². The minimum atomic E-state index is -3.06. The second kappa shape index (κ2) is 6.24. The van der Waals surface area contributed by atoms with Crippen molar-refractivity contribution in [2.24, 2.45) is 5.73 Å². The fourth-order valence-corrected chi connectivity index (χ4v) is 3.84. The maximum Gasteiger partial charge on any atom is 0.255 e. The molecule has 0 spiro atoms. The van der Waals surface area contributed by atoms with Gasteiger partial charge in [-0.2, -0.15) is 0 Å². The zero-order valence-corrected chi connectivity index (χ0v) is 12.6. The zero-order valence-electron chi connectivity index (χ0n) is 11.7. The topological polar surface area (TPSA) is 93.4 Å². The third-order valence-electron chi connectivity index (χ3n) is 3.31. The Morgan fingerprint density at radius 2 is 2.33 bits per heavy atom. The third kappa shape index (κ3) is 3.60. The number of hydrogen-bond acceptors (Lipinski definition) is 5. The first kappa shape index (κ1) is 15.5. The van der Waals surface area contributed by atoms with Crippen molar-refractivity contribution < 1.29 is 13.2 Å². The Balaban J connectivity index is 2.29. The van der Waals surface area contributed by atoms with Crippen LogP contribution >= 0.6 is 0 Å². The van der Waals surface area contributed by atoms with E-state index in [2.05, 4.69) is 16.8 Å². The average molecular weight is 307 g/mol. The van der Waals surface area contributed by atoms with Crippen LogP contribution in [0.4, 0.5) is 0 Å². The number of nitrogens with two attached hydrogens (primary N) is 1. The number of carbonyl (C=O) groups excluding carboxylic acids is 1. The Morgan fingerprint density at radius 1 is 1.57 bits per heavy atom. The highest BCUT2D eigenvalue weighted by Crippen LogP contribution is 2.17. The Kier molecular flexibility index (Phi) is 4.60. The summed E-state index contributed by atoms with van der Waals surface area (Å²) in [7, 11) is -3.06. The van der Waals surface area contributed by atoms with Gasteiger partial charge in [0.1, 0.15) is 0 Å². The van der Waals surface area contributed by atoms with Gasteiger partial charge in [0.25, 0.3) is 5.91 Å². The summed E-state index contributed by atoms with van der Waals surface area (Å²) in [6.45, 7) is 2.14. The minimum absolute atomic E-state index is 0.00201. The standard InChI is InChI=1S/C14H17N3O3S/c1-11-10-21(19,20)8-7-17(11)14(18)13-4-6-16-9-12(13)3-2-5-15/h4,6,9,11H,5,7-8,10,15H2,1H3. The summed E-state index contributed by atoms with van der Waals surface area (Å²) in [5.41, 5.74) is 6.28. The number of rotatable bonds is 1. The smallest absolute Gasteiger partial charge is 0.255 e. The Labute approximate surface area is 124 Å². The predicted octanol–water partition coefficient (Wildman–Crippen LogP) is -0.349. The van der Waals surface area contributed by atoms with Gasteiger partial charge in [0.2, 0.25) is 0 Å². The van der Waals surface area contributed by atoms with Crippen LogP contribution in [0.1, 0.15) is 22.8 Å². The third-order valence-corrected chi connectivity index (χ3v) is 5.10. The van der Waals surface area contributed by atoms with Gasteiger partial charge in [-0.3, -0.25) is 9.78 Å². The highest BCUT2D eigenvalue weighted by atomic mass is 32.2. The average Bonchev–Trinajstić information content (AvgIpc) is 2.44. The quantitative estimate of drug-likeness (QED) is 0.716. The second-order valence-electron chi connectivity index (χ2n) is 4.89. The molecular weight excluding hydrogens is 290 g/mol. The van der Waals surface area contributed by atoms with Crippen LogP contribution in [-0.4, -0.2) is 54.8 Å². The van der Waals surface area contributed by atoms with Crippen molar-refractivity contribution in [3.63, 3.8) is 0 Å². The summed E-state index contributed by atoms with van der Waals surface area (Å²) < 4.78 is 23.2. The van der Waals surface area contributed by atoms with Gasteiger partial charge in [0.05, 0.1) is 29.2 Å². The lowest BCUT2D eigenvalue weighted by molar-refractivity contribution is 0.0712. The molecule has 2 rings (SSSR count). The summed E-state index contributed by atoms with van der Waals surface area (Å²) >= 11 is 0. The van der Waals surface area contributed by atoms with Crippen LogP contribution in [0.2, 0.25) is 0 Å². The molecule has 0 bridgehead atoms. The molecule has 7 heteroatoms. The zero-order chi connectivity index (χ0) is 15.5. The second-order valence-corrected chi connectivity index (χ2v) is 7.12. The van der Waals surface area contributed by atoms with Gasteiger partial charge in [0, 0.05) is 25.0 Å². The highest BCUT2D eigenvalue weighted by molar-refractivity contribution is 7.91.